The Kier molecular flexibility index (Phi) is 4.54. The minimum atomic E-state index is -0.350. The molecule has 0 spiro atoms. The Balaban J connectivity index is 1.38. The minimum absolute atomic E-state index is 0.0228. The number of nitrogens with zero attached hydrogens (tertiary/aromatic N) is 4. The van der Waals surface area contributed by atoms with Gasteiger partial charge < -0.3 is 10.2 Å². The molecule has 0 saturated heterocycles. The van der Waals surface area contributed by atoms with E-state index in [2.05, 4.69) is 31.3 Å². The minimum Gasteiger partial charge on any atom is -0.326 e. The molecule has 0 radical (unpaired) electrons. The van der Waals surface area contributed by atoms with E-state index in [0.29, 0.717) is 16.6 Å². The third kappa shape index (κ3) is 3.16. The van der Waals surface area contributed by atoms with Crippen molar-refractivity contribution < 1.29 is 9.59 Å². The van der Waals surface area contributed by atoms with Gasteiger partial charge in [0.15, 0.2) is 0 Å². The van der Waals surface area contributed by atoms with Crippen LogP contribution in [0.3, 0.4) is 0 Å². The molecule has 158 valence electrons. The monoisotopic (exact) mass is 471 g/mol. The highest BCUT2D eigenvalue weighted by Crippen LogP contribution is 2.64. The molecular weight excluding hydrogens is 446 g/mol. The van der Waals surface area contributed by atoms with Gasteiger partial charge in [-0.2, -0.15) is 0 Å². The second kappa shape index (κ2) is 6.90. The van der Waals surface area contributed by atoms with Crippen molar-refractivity contribution in [1.29, 1.82) is 0 Å². The molecule has 1 N–H and O–H groups in total. The van der Waals surface area contributed by atoms with Crippen LogP contribution in [-0.2, 0) is 15.1 Å². The molecule has 30 heavy (non-hydrogen) atoms. The number of hydrogen-bond acceptors (Lipinski definition) is 4. The van der Waals surface area contributed by atoms with Gasteiger partial charge in [0.1, 0.15) is 6.33 Å². The molecule has 2 atom stereocenters. The summed E-state index contributed by atoms with van der Waals surface area (Å²) in [6.45, 7) is 1.53. The summed E-state index contributed by atoms with van der Waals surface area (Å²) in [4.78, 5) is 31.0. The van der Waals surface area contributed by atoms with Crippen LogP contribution in [0.1, 0.15) is 45.4 Å². The zero-order valence-electron chi connectivity index (χ0n) is 17.3. The molecule has 2 aromatic rings. The number of carbonyl (C=O) groups is 2. The van der Waals surface area contributed by atoms with E-state index in [4.69, 9.17) is 0 Å². The summed E-state index contributed by atoms with van der Waals surface area (Å²) >= 11 is 3.38. The first-order valence-electron chi connectivity index (χ1n) is 10.5. The lowest BCUT2D eigenvalue weighted by molar-refractivity contribution is -0.150. The smallest absolute Gasteiger partial charge is 0.230 e. The highest BCUT2D eigenvalue weighted by Gasteiger charge is 2.61. The maximum atomic E-state index is 13.5. The summed E-state index contributed by atoms with van der Waals surface area (Å²) in [5.41, 5.74) is 1.13. The van der Waals surface area contributed by atoms with Gasteiger partial charge in [-0.05, 0) is 90.6 Å². The Morgan fingerprint density at radius 2 is 1.83 bits per heavy atom. The molecule has 7 nitrogen and oxygen atoms in total. The van der Waals surface area contributed by atoms with Crippen molar-refractivity contribution in [2.75, 3.05) is 17.3 Å². The van der Waals surface area contributed by atoms with Gasteiger partial charge >= 0.3 is 0 Å². The average Bonchev–Trinajstić information content (AvgIpc) is 3.14. The van der Waals surface area contributed by atoms with Crippen molar-refractivity contribution in [3.05, 3.63) is 35.3 Å². The molecular formula is C22H26BrN5O2. The molecule has 0 aliphatic heterocycles. The normalized spacial score (nSPS) is 31.6. The van der Waals surface area contributed by atoms with Gasteiger partial charge in [0.2, 0.25) is 16.5 Å². The van der Waals surface area contributed by atoms with Crippen LogP contribution in [0.2, 0.25) is 0 Å². The highest BCUT2D eigenvalue weighted by atomic mass is 79.9. The quantitative estimate of drug-likeness (QED) is 0.731. The fourth-order valence-electron chi connectivity index (χ4n) is 6.43. The molecule has 1 aromatic carbocycles. The van der Waals surface area contributed by atoms with E-state index in [-0.39, 0.29) is 22.8 Å². The van der Waals surface area contributed by atoms with E-state index in [1.54, 1.807) is 11.9 Å². The number of anilines is 2. The lowest BCUT2D eigenvalue weighted by Crippen LogP contribution is -2.60. The van der Waals surface area contributed by atoms with Crippen LogP contribution in [0, 0.1) is 17.3 Å². The van der Waals surface area contributed by atoms with Gasteiger partial charge in [-0.15, -0.1) is 5.10 Å². The molecule has 1 heterocycles. The fourth-order valence-corrected chi connectivity index (χ4v) is 6.70. The summed E-state index contributed by atoms with van der Waals surface area (Å²) in [7, 11) is 1.74. The number of carbonyl (C=O) groups excluding carboxylic acids is 2. The van der Waals surface area contributed by atoms with Crippen LogP contribution in [0.4, 0.5) is 11.4 Å². The third-order valence-electron chi connectivity index (χ3n) is 7.45. The molecule has 4 fully saturated rings. The molecule has 1 aromatic heterocycles. The third-order valence-corrected chi connectivity index (χ3v) is 7.81. The number of aromatic nitrogens is 3. The molecule has 8 heteroatoms. The van der Waals surface area contributed by atoms with E-state index in [1.807, 2.05) is 35.3 Å². The molecule has 6 rings (SSSR count). The van der Waals surface area contributed by atoms with Crippen molar-refractivity contribution in [1.82, 2.24) is 14.8 Å². The van der Waals surface area contributed by atoms with Gasteiger partial charge in [-0.25, -0.2) is 9.67 Å². The van der Waals surface area contributed by atoms with Gasteiger partial charge in [-0.3, -0.25) is 9.59 Å². The van der Waals surface area contributed by atoms with Gasteiger partial charge in [-0.1, -0.05) is 0 Å². The van der Waals surface area contributed by atoms with Crippen LogP contribution in [0.25, 0.3) is 0 Å². The highest BCUT2D eigenvalue weighted by molar-refractivity contribution is 9.10. The zero-order chi connectivity index (χ0) is 21.1. The molecule has 2 amide bonds. The standard InChI is InChI=1S/C22H26BrN5O2/c1-14(29)27(2)18-5-3-17(4-6-18)25-19(30)21-8-15-7-16(9-21)11-22(10-15,12-21)28-13-24-20(23)26-28/h3-6,13,15-16H,7-12H2,1-2H3,(H,25,30). The summed E-state index contributed by atoms with van der Waals surface area (Å²) in [6, 6.07) is 7.48. The molecule has 2 unspecified atom stereocenters. The summed E-state index contributed by atoms with van der Waals surface area (Å²) < 4.78 is 2.62. The van der Waals surface area contributed by atoms with Crippen molar-refractivity contribution in [2.45, 2.75) is 51.0 Å². The topological polar surface area (TPSA) is 80.1 Å². The number of benzene rings is 1. The van der Waals surface area contributed by atoms with Crippen LogP contribution in [0.5, 0.6) is 0 Å². The zero-order valence-corrected chi connectivity index (χ0v) is 18.9. The second-order valence-corrected chi connectivity index (χ2v) is 10.2. The Morgan fingerprint density at radius 1 is 1.17 bits per heavy atom. The first-order valence-corrected chi connectivity index (χ1v) is 11.3. The van der Waals surface area contributed by atoms with E-state index < -0.39 is 0 Å². The summed E-state index contributed by atoms with van der Waals surface area (Å²) in [5.74, 6) is 1.22. The summed E-state index contributed by atoms with van der Waals surface area (Å²) in [6.07, 6.45) is 7.93. The summed E-state index contributed by atoms with van der Waals surface area (Å²) in [5, 5.41) is 7.75. The Bertz CT molecular complexity index is 987. The number of amides is 2. The SMILES string of the molecule is CC(=O)N(C)c1ccc(NC(=O)C23CC4CC(C2)CC(n2cnc(Br)n2)(C4)C3)cc1. The maximum Gasteiger partial charge on any atom is 0.230 e. The Hall–Kier alpha value is -2.22. The van der Waals surface area contributed by atoms with E-state index in [1.165, 1.54) is 13.3 Å². The molecule has 4 saturated carbocycles. The van der Waals surface area contributed by atoms with Crippen LogP contribution < -0.4 is 10.2 Å². The maximum absolute atomic E-state index is 13.5. The van der Waals surface area contributed by atoms with Crippen molar-refractivity contribution in [3.63, 3.8) is 0 Å². The Morgan fingerprint density at radius 3 is 2.40 bits per heavy atom. The lowest BCUT2D eigenvalue weighted by Gasteiger charge is -2.60. The van der Waals surface area contributed by atoms with Crippen LogP contribution in [-0.4, -0.2) is 33.6 Å². The Labute approximate surface area is 184 Å². The van der Waals surface area contributed by atoms with Crippen molar-refractivity contribution in [2.24, 2.45) is 17.3 Å². The van der Waals surface area contributed by atoms with Crippen molar-refractivity contribution >= 4 is 39.1 Å². The number of hydrogen-bond donors (Lipinski definition) is 1. The number of nitrogens with one attached hydrogen (secondary N) is 1. The molecule has 4 aliphatic carbocycles. The van der Waals surface area contributed by atoms with Gasteiger partial charge in [0.05, 0.1) is 11.0 Å². The lowest BCUT2D eigenvalue weighted by atomic mass is 9.46. The fraction of sp³-hybridized carbons (Fsp3) is 0.545. The van der Waals surface area contributed by atoms with Crippen molar-refractivity contribution in [3.8, 4) is 0 Å². The second-order valence-electron chi connectivity index (χ2n) is 9.50. The van der Waals surface area contributed by atoms with Gasteiger partial charge in [0.25, 0.3) is 0 Å². The van der Waals surface area contributed by atoms with E-state index >= 15 is 0 Å². The molecule has 4 aliphatic rings. The van der Waals surface area contributed by atoms with Crippen LogP contribution >= 0.6 is 15.9 Å². The average molecular weight is 472 g/mol. The van der Waals surface area contributed by atoms with Gasteiger partial charge in [0, 0.05) is 25.3 Å². The number of halogens is 1. The predicted octanol–water partition coefficient (Wildman–Crippen LogP) is 3.96. The largest absolute Gasteiger partial charge is 0.326 e. The van der Waals surface area contributed by atoms with E-state index in [0.717, 1.165) is 43.5 Å². The first kappa shape index (κ1) is 19.7. The van der Waals surface area contributed by atoms with Crippen LogP contribution in [0.15, 0.2) is 35.3 Å². The first-order chi connectivity index (χ1) is 14.3. The molecule has 4 bridgehead atoms. The number of rotatable bonds is 4. The van der Waals surface area contributed by atoms with E-state index in [9.17, 15) is 9.59 Å². The predicted molar refractivity (Wildman–Crippen MR) is 117 cm³/mol.